The summed E-state index contributed by atoms with van der Waals surface area (Å²) in [6.45, 7) is 11.4. The molecule has 0 amide bonds. The van der Waals surface area contributed by atoms with Crippen LogP contribution in [0.1, 0.15) is 92.4 Å². The predicted molar refractivity (Wildman–Crippen MR) is 75.8 cm³/mol. The van der Waals surface area contributed by atoms with Crippen LogP contribution in [-0.4, -0.2) is 0 Å². The molecule has 0 unspecified atom stereocenters. The van der Waals surface area contributed by atoms with Gasteiger partial charge in [-0.15, -0.1) is 0 Å². The molecule has 0 bridgehead atoms. The smallest absolute Gasteiger partial charge is 0.0357 e. The van der Waals surface area contributed by atoms with E-state index in [4.69, 9.17) is 0 Å². The molecule has 1 fully saturated rings. The van der Waals surface area contributed by atoms with Gasteiger partial charge in [0.1, 0.15) is 0 Å². The van der Waals surface area contributed by atoms with Gasteiger partial charge in [0.2, 0.25) is 0 Å². The molecule has 1 saturated carbocycles. The summed E-state index contributed by atoms with van der Waals surface area (Å²) >= 11 is 0. The van der Waals surface area contributed by atoms with Crippen molar-refractivity contribution in [1.82, 2.24) is 0 Å². The summed E-state index contributed by atoms with van der Waals surface area (Å²) < 4.78 is 0. The van der Waals surface area contributed by atoms with E-state index in [1.54, 1.807) is 0 Å². The quantitative estimate of drug-likeness (QED) is 0.535. The van der Waals surface area contributed by atoms with E-state index in [1.165, 1.54) is 57.8 Å². The van der Waals surface area contributed by atoms with Gasteiger partial charge in [-0.2, -0.15) is 0 Å². The lowest BCUT2D eigenvalue weighted by Crippen LogP contribution is -2.14. The third kappa shape index (κ3) is 8.19. The highest BCUT2D eigenvalue weighted by Gasteiger charge is 2.19. The Morgan fingerprint density at radius 2 is 1.44 bits per heavy atom. The monoisotopic (exact) mass is 226 g/mol. The van der Waals surface area contributed by atoms with E-state index >= 15 is 0 Å². The van der Waals surface area contributed by atoms with Gasteiger partial charge in [-0.1, -0.05) is 79.6 Å². The molecule has 0 radical (unpaired) electrons. The molecule has 0 heterocycles. The topological polar surface area (TPSA) is 0 Å². The van der Waals surface area contributed by atoms with E-state index in [2.05, 4.69) is 34.6 Å². The Balaban J connectivity index is 0.000000673. The number of hydrogen-bond acceptors (Lipinski definition) is 0. The summed E-state index contributed by atoms with van der Waals surface area (Å²) in [7, 11) is 0. The summed E-state index contributed by atoms with van der Waals surface area (Å²) in [4.78, 5) is 0. The van der Waals surface area contributed by atoms with Crippen LogP contribution in [0.2, 0.25) is 0 Å². The fourth-order valence-corrected chi connectivity index (χ4v) is 2.25. The normalized spacial score (nSPS) is 17.8. The zero-order valence-corrected chi connectivity index (χ0v) is 12.4. The molecule has 1 aliphatic rings. The van der Waals surface area contributed by atoms with Crippen molar-refractivity contribution in [1.29, 1.82) is 0 Å². The first-order chi connectivity index (χ1) is 7.55. The van der Waals surface area contributed by atoms with Crippen molar-refractivity contribution in [3.8, 4) is 0 Å². The van der Waals surface area contributed by atoms with E-state index in [0.29, 0.717) is 5.41 Å². The molecule has 0 spiro atoms. The minimum Gasteiger partial charge on any atom is -0.0656 e. The van der Waals surface area contributed by atoms with Crippen LogP contribution in [0.15, 0.2) is 0 Å². The number of hydrogen-bond donors (Lipinski definition) is 0. The van der Waals surface area contributed by atoms with E-state index in [1.807, 2.05) is 0 Å². The van der Waals surface area contributed by atoms with Gasteiger partial charge in [0.15, 0.2) is 0 Å². The van der Waals surface area contributed by atoms with Crippen LogP contribution in [-0.2, 0) is 0 Å². The molecule has 0 saturated heterocycles. The zero-order valence-electron chi connectivity index (χ0n) is 12.4. The van der Waals surface area contributed by atoms with Gasteiger partial charge in [-0.3, -0.25) is 0 Å². The summed E-state index contributed by atoms with van der Waals surface area (Å²) in [5, 5.41) is 0. The molecule has 0 nitrogen and oxygen atoms in total. The van der Waals surface area contributed by atoms with Gasteiger partial charge in [-0.25, -0.2) is 0 Å². The van der Waals surface area contributed by atoms with E-state index in [0.717, 1.165) is 5.92 Å². The minimum atomic E-state index is 0.595. The average Bonchev–Trinajstić information content (AvgIpc) is 2.29. The molecular formula is C16H34. The molecule has 98 valence electrons. The molecule has 0 atom stereocenters. The van der Waals surface area contributed by atoms with Gasteiger partial charge < -0.3 is 0 Å². The molecule has 0 N–H and O–H groups in total. The SMILES string of the molecule is CCC.CCC(C)(C)CCC1CCCCC1. The summed E-state index contributed by atoms with van der Waals surface area (Å²) in [6.07, 6.45) is 13.0. The van der Waals surface area contributed by atoms with Gasteiger partial charge >= 0.3 is 0 Å². The summed E-state index contributed by atoms with van der Waals surface area (Å²) in [5.41, 5.74) is 0.595. The highest BCUT2D eigenvalue weighted by atomic mass is 14.2. The van der Waals surface area contributed by atoms with Crippen molar-refractivity contribution >= 4 is 0 Å². The van der Waals surface area contributed by atoms with E-state index < -0.39 is 0 Å². The van der Waals surface area contributed by atoms with Gasteiger partial charge in [0.25, 0.3) is 0 Å². The molecule has 1 aliphatic carbocycles. The van der Waals surface area contributed by atoms with Crippen molar-refractivity contribution in [2.75, 3.05) is 0 Å². The second kappa shape index (κ2) is 9.07. The van der Waals surface area contributed by atoms with Gasteiger partial charge in [0, 0.05) is 0 Å². The Hall–Kier alpha value is 0. The largest absolute Gasteiger partial charge is 0.0656 e. The van der Waals surface area contributed by atoms with Crippen LogP contribution in [0.4, 0.5) is 0 Å². The highest BCUT2D eigenvalue weighted by Crippen LogP contribution is 2.33. The molecule has 16 heavy (non-hydrogen) atoms. The third-order valence-electron chi connectivity index (χ3n) is 3.91. The Bertz CT molecular complexity index is 140. The number of rotatable bonds is 4. The van der Waals surface area contributed by atoms with E-state index in [-0.39, 0.29) is 0 Å². The van der Waals surface area contributed by atoms with E-state index in [9.17, 15) is 0 Å². The standard InChI is InChI=1S/C13H26.C3H8/c1-4-13(2,3)11-10-12-8-6-5-7-9-12;1-3-2/h12H,4-11H2,1-3H3;3H2,1-2H3. The zero-order chi connectivity index (χ0) is 12.4. The first kappa shape index (κ1) is 16.0. The lowest BCUT2D eigenvalue weighted by Gasteiger charge is -2.27. The lowest BCUT2D eigenvalue weighted by molar-refractivity contribution is 0.251. The second-order valence-electron chi connectivity index (χ2n) is 6.27. The first-order valence-electron chi connectivity index (χ1n) is 7.55. The van der Waals surface area contributed by atoms with Crippen molar-refractivity contribution in [2.24, 2.45) is 11.3 Å². The summed E-state index contributed by atoms with van der Waals surface area (Å²) in [5.74, 6) is 1.07. The molecule has 0 heteroatoms. The maximum Gasteiger partial charge on any atom is -0.0357 e. The Morgan fingerprint density at radius 3 is 1.88 bits per heavy atom. The molecule has 0 aromatic heterocycles. The first-order valence-corrected chi connectivity index (χ1v) is 7.55. The fraction of sp³-hybridized carbons (Fsp3) is 1.00. The van der Waals surface area contributed by atoms with Crippen LogP contribution in [0.5, 0.6) is 0 Å². The average molecular weight is 226 g/mol. The van der Waals surface area contributed by atoms with Gasteiger partial charge in [0.05, 0.1) is 0 Å². The predicted octanol–water partition coefficient (Wildman–Crippen LogP) is 6.20. The molecule has 1 rings (SSSR count). The van der Waals surface area contributed by atoms with Crippen LogP contribution in [0.3, 0.4) is 0 Å². The Labute approximate surface area is 104 Å². The van der Waals surface area contributed by atoms with Crippen LogP contribution >= 0.6 is 0 Å². The maximum absolute atomic E-state index is 2.41. The van der Waals surface area contributed by atoms with Crippen molar-refractivity contribution < 1.29 is 0 Å². The molecule has 0 aromatic rings. The third-order valence-corrected chi connectivity index (χ3v) is 3.91. The Kier molecular flexibility index (Phi) is 9.07. The van der Waals surface area contributed by atoms with Crippen LogP contribution in [0, 0.1) is 11.3 Å². The molecular weight excluding hydrogens is 192 g/mol. The van der Waals surface area contributed by atoms with Crippen molar-refractivity contribution in [2.45, 2.75) is 92.4 Å². The second-order valence-corrected chi connectivity index (χ2v) is 6.27. The minimum absolute atomic E-state index is 0.595. The highest BCUT2D eigenvalue weighted by molar-refractivity contribution is 4.71. The maximum atomic E-state index is 2.41. The van der Waals surface area contributed by atoms with Crippen LogP contribution < -0.4 is 0 Å². The van der Waals surface area contributed by atoms with Crippen molar-refractivity contribution in [3.05, 3.63) is 0 Å². The van der Waals surface area contributed by atoms with Crippen molar-refractivity contribution in [3.63, 3.8) is 0 Å². The summed E-state index contributed by atoms with van der Waals surface area (Å²) in [6, 6.07) is 0. The lowest BCUT2D eigenvalue weighted by atomic mass is 9.78. The van der Waals surface area contributed by atoms with Crippen LogP contribution in [0.25, 0.3) is 0 Å². The molecule has 0 aliphatic heterocycles. The van der Waals surface area contributed by atoms with Gasteiger partial charge in [-0.05, 0) is 24.2 Å². The Morgan fingerprint density at radius 1 is 0.938 bits per heavy atom. The molecule has 0 aromatic carbocycles. The fourth-order valence-electron chi connectivity index (χ4n) is 2.25.